The van der Waals surface area contributed by atoms with Crippen molar-refractivity contribution < 1.29 is 19.4 Å². The molecule has 1 N–H and O–H groups in total. The fourth-order valence-corrected chi connectivity index (χ4v) is 2.08. The van der Waals surface area contributed by atoms with E-state index in [4.69, 9.17) is 9.84 Å². The lowest BCUT2D eigenvalue weighted by Gasteiger charge is -2.11. The molecule has 19 heavy (non-hydrogen) atoms. The van der Waals surface area contributed by atoms with Gasteiger partial charge in [-0.25, -0.2) is 4.79 Å². The van der Waals surface area contributed by atoms with Crippen LogP contribution in [0.2, 0.25) is 0 Å². The molecule has 2 aromatic rings. The van der Waals surface area contributed by atoms with Crippen LogP contribution in [-0.4, -0.2) is 24.5 Å². The summed E-state index contributed by atoms with van der Waals surface area (Å²) in [5.41, 5.74) is 1.06. The molecule has 0 aliphatic carbocycles. The van der Waals surface area contributed by atoms with Crippen LogP contribution in [0.5, 0.6) is 5.75 Å². The van der Waals surface area contributed by atoms with Gasteiger partial charge in [-0.05, 0) is 23.9 Å². The largest absolute Gasteiger partial charge is 0.505 e. The van der Waals surface area contributed by atoms with Crippen molar-refractivity contribution in [2.24, 2.45) is 0 Å². The number of carbonyl (C=O) groups is 1. The molecule has 0 aromatic heterocycles. The fourth-order valence-electron chi connectivity index (χ4n) is 2.08. The summed E-state index contributed by atoms with van der Waals surface area (Å²) in [5.74, 6) is 0.848. The maximum absolute atomic E-state index is 10.4. The number of hydrogen-bond donors (Lipinski definition) is 1. The second-order valence-corrected chi connectivity index (χ2v) is 4.07. The molecule has 0 radical (unpaired) electrons. The highest BCUT2D eigenvalue weighted by atomic mass is 16.7. The third-order valence-corrected chi connectivity index (χ3v) is 2.87. The maximum Gasteiger partial charge on any atom is 0.505 e. The first-order chi connectivity index (χ1) is 9.22. The minimum Gasteiger partial charge on any atom is -0.493 e. The topological polar surface area (TPSA) is 55.8 Å². The summed E-state index contributed by atoms with van der Waals surface area (Å²) in [4.78, 5) is 10.4. The van der Waals surface area contributed by atoms with Crippen LogP contribution in [0.3, 0.4) is 0 Å². The summed E-state index contributed by atoms with van der Waals surface area (Å²) < 4.78 is 10.1. The number of hydrogen-bond acceptors (Lipinski definition) is 3. The van der Waals surface area contributed by atoms with Crippen LogP contribution in [-0.2, 0) is 11.2 Å². The first-order valence-electron chi connectivity index (χ1n) is 6.21. The highest BCUT2D eigenvalue weighted by molar-refractivity contribution is 5.91. The lowest BCUT2D eigenvalue weighted by molar-refractivity contribution is 0.0928. The minimum absolute atomic E-state index is 0.160. The van der Waals surface area contributed by atoms with E-state index in [0.717, 1.165) is 22.1 Å². The summed E-state index contributed by atoms with van der Waals surface area (Å²) in [6.07, 6.45) is -0.686. The van der Waals surface area contributed by atoms with Gasteiger partial charge in [0.05, 0.1) is 13.2 Å². The van der Waals surface area contributed by atoms with Gasteiger partial charge in [0.1, 0.15) is 5.75 Å². The van der Waals surface area contributed by atoms with E-state index in [2.05, 4.69) is 4.74 Å². The fraction of sp³-hybridized carbons (Fsp3) is 0.267. The van der Waals surface area contributed by atoms with Gasteiger partial charge in [0.15, 0.2) is 0 Å². The number of benzene rings is 2. The molecule has 0 saturated carbocycles. The van der Waals surface area contributed by atoms with E-state index < -0.39 is 6.16 Å². The molecule has 0 amide bonds. The molecule has 0 saturated heterocycles. The first-order valence-corrected chi connectivity index (χ1v) is 6.21. The molecule has 0 aliphatic rings. The summed E-state index contributed by atoms with van der Waals surface area (Å²) in [5, 5.41) is 10.6. The van der Waals surface area contributed by atoms with Crippen molar-refractivity contribution in [3.8, 4) is 5.75 Å². The van der Waals surface area contributed by atoms with Crippen molar-refractivity contribution >= 4 is 16.9 Å². The molecule has 0 heterocycles. The SMILES string of the molecule is CCOc1ccc(CCOC(=O)O)c2ccccc12. The molecular weight excluding hydrogens is 244 g/mol. The second kappa shape index (κ2) is 6.09. The van der Waals surface area contributed by atoms with Crippen LogP contribution in [0.1, 0.15) is 12.5 Å². The van der Waals surface area contributed by atoms with Gasteiger partial charge in [-0.15, -0.1) is 0 Å². The Morgan fingerprint density at radius 3 is 2.58 bits per heavy atom. The molecule has 4 heteroatoms. The summed E-state index contributed by atoms with van der Waals surface area (Å²) in [6, 6.07) is 11.8. The van der Waals surface area contributed by atoms with Gasteiger partial charge in [0, 0.05) is 11.8 Å². The van der Waals surface area contributed by atoms with Gasteiger partial charge in [-0.2, -0.15) is 0 Å². The summed E-state index contributed by atoms with van der Waals surface area (Å²) in [7, 11) is 0. The first kappa shape index (κ1) is 13.2. The van der Waals surface area contributed by atoms with Crippen LogP contribution >= 0.6 is 0 Å². The molecule has 0 atom stereocenters. The van der Waals surface area contributed by atoms with Crippen LogP contribution in [0.15, 0.2) is 36.4 Å². The smallest absolute Gasteiger partial charge is 0.493 e. The highest BCUT2D eigenvalue weighted by Crippen LogP contribution is 2.28. The van der Waals surface area contributed by atoms with Crippen LogP contribution in [0.25, 0.3) is 10.8 Å². The third-order valence-electron chi connectivity index (χ3n) is 2.87. The van der Waals surface area contributed by atoms with Crippen molar-refractivity contribution in [2.75, 3.05) is 13.2 Å². The predicted molar refractivity (Wildman–Crippen MR) is 72.8 cm³/mol. The van der Waals surface area contributed by atoms with E-state index in [0.29, 0.717) is 13.0 Å². The zero-order valence-electron chi connectivity index (χ0n) is 10.8. The Morgan fingerprint density at radius 2 is 1.89 bits per heavy atom. The summed E-state index contributed by atoms with van der Waals surface area (Å²) in [6.45, 7) is 2.72. The number of rotatable bonds is 5. The summed E-state index contributed by atoms with van der Waals surface area (Å²) >= 11 is 0. The minimum atomic E-state index is -1.24. The number of ether oxygens (including phenoxy) is 2. The monoisotopic (exact) mass is 260 g/mol. The average molecular weight is 260 g/mol. The standard InChI is InChI=1S/C15H16O4/c1-2-18-14-8-7-11(9-10-19-15(16)17)12-5-3-4-6-13(12)14/h3-8H,2,9-10H2,1H3,(H,16,17). The number of fused-ring (bicyclic) bond motifs is 1. The van der Waals surface area contributed by atoms with Gasteiger partial charge in [0.25, 0.3) is 0 Å². The lowest BCUT2D eigenvalue weighted by Crippen LogP contribution is -2.04. The maximum atomic E-state index is 10.4. The molecule has 0 aliphatic heterocycles. The Kier molecular flexibility index (Phi) is 4.23. The van der Waals surface area contributed by atoms with Gasteiger partial charge < -0.3 is 14.6 Å². The van der Waals surface area contributed by atoms with Gasteiger partial charge in [0.2, 0.25) is 0 Å². The van der Waals surface area contributed by atoms with E-state index in [1.807, 2.05) is 43.3 Å². The number of carboxylic acid groups (broad SMARTS) is 1. The van der Waals surface area contributed by atoms with Crippen molar-refractivity contribution in [2.45, 2.75) is 13.3 Å². The molecule has 0 fully saturated rings. The van der Waals surface area contributed by atoms with Crippen molar-refractivity contribution in [1.82, 2.24) is 0 Å². The molecule has 4 nitrogen and oxygen atoms in total. The van der Waals surface area contributed by atoms with Gasteiger partial charge in [-0.3, -0.25) is 0 Å². The van der Waals surface area contributed by atoms with Crippen molar-refractivity contribution in [3.05, 3.63) is 42.0 Å². The molecule has 0 unspecified atom stereocenters. The van der Waals surface area contributed by atoms with Crippen LogP contribution < -0.4 is 4.74 Å². The van der Waals surface area contributed by atoms with E-state index in [-0.39, 0.29) is 6.61 Å². The average Bonchev–Trinajstić information content (AvgIpc) is 2.41. The van der Waals surface area contributed by atoms with Crippen molar-refractivity contribution in [3.63, 3.8) is 0 Å². The lowest BCUT2D eigenvalue weighted by atomic mass is 10.0. The Labute approximate surface area is 111 Å². The Balaban J connectivity index is 2.30. The molecule has 100 valence electrons. The van der Waals surface area contributed by atoms with Crippen molar-refractivity contribution in [1.29, 1.82) is 0 Å². The zero-order valence-corrected chi connectivity index (χ0v) is 10.8. The van der Waals surface area contributed by atoms with E-state index >= 15 is 0 Å². The quantitative estimate of drug-likeness (QED) is 0.836. The van der Waals surface area contributed by atoms with E-state index in [9.17, 15) is 4.79 Å². The van der Waals surface area contributed by atoms with E-state index in [1.165, 1.54) is 0 Å². The molecule has 0 spiro atoms. The predicted octanol–water partition coefficient (Wildman–Crippen LogP) is 3.48. The Morgan fingerprint density at radius 1 is 1.16 bits per heavy atom. The van der Waals surface area contributed by atoms with Crippen LogP contribution in [0.4, 0.5) is 4.79 Å². The van der Waals surface area contributed by atoms with Gasteiger partial charge >= 0.3 is 6.16 Å². The van der Waals surface area contributed by atoms with Gasteiger partial charge in [-0.1, -0.05) is 30.3 Å². The third kappa shape index (κ3) is 3.16. The normalized spacial score (nSPS) is 10.4. The highest BCUT2D eigenvalue weighted by Gasteiger charge is 2.07. The zero-order chi connectivity index (χ0) is 13.7. The Hall–Kier alpha value is -2.23. The molecule has 2 aromatic carbocycles. The van der Waals surface area contributed by atoms with Crippen LogP contribution in [0, 0.1) is 0 Å². The Bertz CT molecular complexity index is 577. The van der Waals surface area contributed by atoms with E-state index in [1.54, 1.807) is 0 Å². The molecule has 0 bridgehead atoms. The molecular formula is C15H16O4. The molecule has 2 rings (SSSR count). The second-order valence-electron chi connectivity index (χ2n) is 4.07.